The van der Waals surface area contributed by atoms with E-state index >= 15 is 0 Å². The molecule has 336 valence electrons. The van der Waals surface area contributed by atoms with Crippen LogP contribution in [-0.2, 0) is 52.5 Å². The van der Waals surface area contributed by atoms with Gasteiger partial charge in [-0.1, -0.05) is 99.6 Å². The predicted molar refractivity (Wildman–Crippen MR) is 225 cm³/mol. The van der Waals surface area contributed by atoms with Crippen LogP contribution in [0.4, 0.5) is 0 Å². The molecular formula is C39H70IN5O13. The Kier molecular flexibility index (Phi) is 38.4. The highest BCUT2D eigenvalue weighted by Gasteiger charge is 2.20. The van der Waals surface area contributed by atoms with E-state index in [0.717, 1.165) is 38.5 Å². The van der Waals surface area contributed by atoms with Crippen molar-refractivity contribution in [3.05, 3.63) is 0 Å². The molecule has 18 nitrogen and oxygen atoms in total. The van der Waals surface area contributed by atoms with Gasteiger partial charge in [-0.15, -0.1) is 0 Å². The molecule has 0 bridgehead atoms. The van der Waals surface area contributed by atoms with E-state index in [1.165, 1.54) is 44.9 Å². The van der Waals surface area contributed by atoms with Gasteiger partial charge in [0.1, 0.15) is 19.3 Å². The minimum Gasteiger partial charge on any atom is -0.481 e. The average Bonchev–Trinajstić information content (AvgIpc) is 3.19. The number of halogens is 1. The molecule has 0 unspecified atom stereocenters. The first-order chi connectivity index (χ1) is 28.0. The molecular weight excluding hydrogens is 873 g/mol. The van der Waals surface area contributed by atoms with Crippen LogP contribution >= 0.6 is 22.6 Å². The monoisotopic (exact) mass is 943 g/mol. The Labute approximate surface area is 357 Å². The Morgan fingerprint density at radius 1 is 0.431 bits per heavy atom. The minimum atomic E-state index is -1.18. The maximum atomic E-state index is 12.3. The Morgan fingerprint density at radius 3 is 1.28 bits per heavy atom. The number of aliphatic carboxylic acids is 2. The van der Waals surface area contributed by atoms with Gasteiger partial charge in [0.2, 0.25) is 29.5 Å². The summed E-state index contributed by atoms with van der Waals surface area (Å²) < 4.78 is 21.5. The molecule has 0 aliphatic heterocycles. The maximum Gasteiger partial charge on any atom is 0.326 e. The Hall–Kier alpha value is -3.14. The molecule has 0 saturated heterocycles. The third kappa shape index (κ3) is 39.7. The highest BCUT2D eigenvalue weighted by atomic mass is 127. The third-order valence-electron chi connectivity index (χ3n) is 8.58. The number of ether oxygens (including phenoxy) is 4. The van der Waals surface area contributed by atoms with Gasteiger partial charge in [0.05, 0.1) is 44.1 Å². The van der Waals surface area contributed by atoms with Crippen LogP contribution in [0.1, 0.15) is 116 Å². The molecule has 1 atom stereocenters. The van der Waals surface area contributed by atoms with Gasteiger partial charge >= 0.3 is 11.9 Å². The molecule has 0 rings (SSSR count). The molecule has 0 aliphatic rings. The minimum absolute atomic E-state index is 0.0270. The second-order valence-electron chi connectivity index (χ2n) is 13.7. The van der Waals surface area contributed by atoms with Crippen molar-refractivity contribution in [3.63, 3.8) is 0 Å². The second kappa shape index (κ2) is 40.6. The van der Waals surface area contributed by atoms with Gasteiger partial charge in [-0.2, -0.15) is 0 Å². The van der Waals surface area contributed by atoms with Crippen molar-refractivity contribution in [2.75, 3.05) is 83.5 Å². The first kappa shape index (κ1) is 54.9. The lowest BCUT2D eigenvalue weighted by Gasteiger charge is -2.14. The van der Waals surface area contributed by atoms with Crippen molar-refractivity contribution in [2.45, 2.75) is 122 Å². The highest BCUT2D eigenvalue weighted by molar-refractivity contribution is 14.1. The van der Waals surface area contributed by atoms with Gasteiger partial charge in [-0.25, -0.2) is 4.79 Å². The molecule has 0 radical (unpaired) electrons. The summed E-state index contributed by atoms with van der Waals surface area (Å²) in [6, 6.07) is -1.14. The Bertz CT molecular complexity index is 1140. The molecule has 19 heteroatoms. The smallest absolute Gasteiger partial charge is 0.326 e. The van der Waals surface area contributed by atoms with Crippen LogP contribution in [0.2, 0.25) is 0 Å². The lowest BCUT2D eigenvalue weighted by atomic mass is 10.0. The van der Waals surface area contributed by atoms with E-state index < -0.39 is 18.0 Å². The van der Waals surface area contributed by atoms with Crippen molar-refractivity contribution in [1.29, 1.82) is 0 Å². The van der Waals surface area contributed by atoms with Crippen LogP contribution in [0, 0.1) is 0 Å². The van der Waals surface area contributed by atoms with Gasteiger partial charge in [0.15, 0.2) is 0 Å². The molecule has 0 aromatic rings. The molecule has 0 aliphatic carbocycles. The quantitative estimate of drug-likeness (QED) is 0.0264. The fourth-order valence-electron chi connectivity index (χ4n) is 5.42. The zero-order valence-corrected chi connectivity index (χ0v) is 36.4. The highest BCUT2D eigenvalue weighted by Crippen LogP contribution is 2.14. The van der Waals surface area contributed by atoms with Gasteiger partial charge in [0, 0.05) is 45.4 Å². The van der Waals surface area contributed by atoms with E-state index in [9.17, 15) is 38.7 Å². The van der Waals surface area contributed by atoms with E-state index in [1.54, 1.807) is 0 Å². The number of carboxylic acids is 2. The third-order valence-corrected chi connectivity index (χ3v) is 9.27. The first-order valence-electron chi connectivity index (χ1n) is 20.7. The van der Waals surface area contributed by atoms with E-state index in [1.807, 2.05) is 22.6 Å². The average molecular weight is 944 g/mol. The number of unbranched alkanes of at least 4 members (excludes halogenated alkanes) is 13. The number of alkyl halides is 1. The number of rotatable bonds is 42. The van der Waals surface area contributed by atoms with Crippen LogP contribution < -0.4 is 26.6 Å². The molecule has 0 aromatic carbocycles. The number of hydrogen-bond acceptors (Lipinski definition) is 11. The number of amides is 5. The number of carbonyl (C=O) groups is 7. The summed E-state index contributed by atoms with van der Waals surface area (Å²) in [4.78, 5) is 81.2. The van der Waals surface area contributed by atoms with Crippen molar-refractivity contribution >= 4 is 64.1 Å². The first-order valence-corrected chi connectivity index (χ1v) is 22.2. The second-order valence-corrected chi connectivity index (χ2v) is 14.5. The van der Waals surface area contributed by atoms with Crippen LogP contribution in [0.5, 0.6) is 0 Å². The predicted octanol–water partition coefficient (Wildman–Crippen LogP) is 2.63. The molecule has 0 spiro atoms. The summed E-state index contributed by atoms with van der Waals surface area (Å²) in [7, 11) is 0. The lowest BCUT2D eigenvalue weighted by molar-refractivity contribution is -0.142. The van der Waals surface area contributed by atoms with Gasteiger partial charge < -0.3 is 55.7 Å². The molecule has 0 saturated carbocycles. The summed E-state index contributed by atoms with van der Waals surface area (Å²) >= 11 is 1.95. The standard InChI is InChI=1S/C39H70IN5O13/c40-29-35(48)41-19-20-42-36(49)30-57-27-26-56-24-22-44-37(50)31-58-28-25-55-23-21-43-33(46)18-17-32(39(53)54)45-34(47)15-13-11-9-7-5-3-1-2-4-6-8-10-12-14-16-38(51)52/h32H,1-31H2,(H,41,48)(H,42,49)(H,43,46)(H,44,50)(H,45,47)(H,51,52)(H,53,54)/t32-/m0/s1. The van der Waals surface area contributed by atoms with Gasteiger partial charge in [-0.05, 0) is 19.3 Å². The summed E-state index contributed by atoms with van der Waals surface area (Å²) in [5, 5.41) is 31.2. The SMILES string of the molecule is O=C(O)CCCCCCCCCCCCCCCCC(=O)N[C@@H](CCC(=O)NCCOCCOCC(=O)NCCOCCOCC(=O)NCCNC(=O)CI)C(=O)O. The molecule has 0 heterocycles. The summed E-state index contributed by atoms with van der Waals surface area (Å²) in [5.41, 5.74) is 0. The zero-order chi connectivity index (χ0) is 42.9. The van der Waals surface area contributed by atoms with Crippen molar-refractivity contribution in [3.8, 4) is 0 Å². The summed E-state index contributed by atoms with van der Waals surface area (Å²) in [5.74, 6) is -3.30. The largest absolute Gasteiger partial charge is 0.481 e. The Morgan fingerprint density at radius 2 is 0.828 bits per heavy atom. The summed E-state index contributed by atoms with van der Waals surface area (Å²) in [6.07, 6.45) is 15.5. The van der Waals surface area contributed by atoms with Crippen LogP contribution in [0.3, 0.4) is 0 Å². The molecule has 5 amide bonds. The fourth-order valence-corrected chi connectivity index (χ4v) is 5.69. The molecule has 58 heavy (non-hydrogen) atoms. The van der Waals surface area contributed by atoms with E-state index in [0.29, 0.717) is 23.9 Å². The van der Waals surface area contributed by atoms with Gasteiger partial charge in [0.25, 0.3) is 0 Å². The van der Waals surface area contributed by atoms with E-state index in [4.69, 9.17) is 24.1 Å². The van der Waals surface area contributed by atoms with Crippen molar-refractivity contribution in [1.82, 2.24) is 26.6 Å². The van der Waals surface area contributed by atoms with E-state index in [-0.39, 0.29) is 121 Å². The summed E-state index contributed by atoms with van der Waals surface area (Å²) in [6.45, 7) is 2.13. The van der Waals surface area contributed by atoms with Crippen LogP contribution in [0.15, 0.2) is 0 Å². The zero-order valence-electron chi connectivity index (χ0n) is 34.3. The number of hydrogen-bond donors (Lipinski definition) is 7. The molecule has 0 aromatic heterocycles. The van der Waals surface area contributed by atoms with E-state index in [2.05, 4.69) is 26.6 Å². The van der Waals surface area contributed by atoms with Crippen LogP contribution in [0.25, 0.3) is 0 Å². The lowest BCUT2D eigenvalue weighted by Crippen LogP contribution is -2.41. The fraction of sp³-hybridized carbons (Fsp3) is 0.821. The van der Waals surface area contributed by atoms with Gasteiger partial charge in [-0.3, -0.25) is 28.8 Å². The molecule has 0 fully saturated rings. The number of carboxylic acid groups (broad SMARTS) is 2. The van der Waals surface area contributed by atoms with Crippen molar-refractivity contribution in [2.24, 2.45) is 0 Å². The Balaban J connectivity index is 3.65. The normalized spacial score (nSPS) is 11.4. The number of nitrogens with one attached hydrogen (secondary N) is 5. The maximum absolute atomic E-state index is 12.3. The van der Waals surface area contributed by atoms with Crippen LogP contribution in [-0.4, -0.2) is 141 Å². The number of carbonyl (C=O) groups excluding carboxylic acids is 5. The molecule has 7 N–H and O–H groups in total. The topological polar surface area (TPSA) is 257 Å². The van der Waals surface area contributed by atoms with Crippen molar-refractivity contribution < 1.29 is 62.7 Å².